The molecule has 5 rings (SSSR count). The minimum atomic E-state index is -3.40. The van der Waals surface area contributed by atoms with Crippen molar-refractivity contribution in [1.29, 1.82) is 0 Å². The second kappa shape index (κ2) is 6.58. The number of likely N-dealkylation sites (tertiary alicyclic amines) is 1. The van der Waals surface area contributed by atoms with Gasteiger partial charge in [-0.2, -0.15) is 0 Å². The SMILES string of the molecule is Nc1ncc(-c2ccc3c(c2)CS(=O)(=O)N3)c2nc(C(=O)N3CCC(F)(F)C3)ccc12. The molecule has 8 nitrogen and oxygen atoms in total. The summed E-state index contributed by atoms with van der Waals surface area (Å²) >= 11 is 0. The summed E-state index contributed by atoms with van der Waals surface area (Å²) in [5.74, 6) is -3.41. The number of rotatable bonds is 2. The minimum Gasteiger partial charge on any atom is -0.383 e. The summed E-state index contributed by atoms with van der Waals surface area (Å²) in [4.78, 5) is 22.5. The highest BCUT2D eigenvalue weighted by Crippen LogP contribution is 2.35. The van der Waals surface area contributed by atoms with E-state index < -0.39 is 28.4 Å². The molecule has 31 heavy (non-hydrogen) atoms. The highest BCUT2D eigenvalue weighted by atomic mass is 32.2. The lowest BCUT2D eigenvalue weighted by Crippen LogP contribution is -2.31. The first-order valence-electron chi connectivity index (χ1n) is 9.48. The van der Waals surface area contributed by atoms with Crippen molar-refractivity contribution < 1.29 is 22.0 Å². The van der Waals surface area contributed by atoms with Crippen LogP contribution >= 0.6 is 0 Å². The van der Waals surface area contributed by atoms with Gasteiger partial charge in [-0.05, 0) is 35.4 Å². The zero-order valence-electron chi connectivity index (χ0n) is 16.1. The van der Waals surface area contributed by atoms with E-state index in [0.717, 1.165) is 4.90 Å². The third-order valence-electron chi connectivity index (χ3n) is 5.46. The molecular weight excluding hydrogens is 428 g/mol. The van der Waals surface area contributed by atoms with Crippen molar-refractivity contribution in [2.75, 3.05) is 23.5 Å². The molecule has 0 unspecified atom stereocenters. The van der Waals surface area contributed by atoms with Crippen molar-refractivity contribution in [3.8, 4) is 11.1 Å². The molecule has 160 valence electrons. The Hall–Kier alpha value is -3.34. The summed E-state index contributed by atoms with van der Waals surface area (Å²) in [6.45, 7) is -0.674. The van der Waals surface area contributed by atoms with Gasteiger partial charge in [0, 0.05) is 30.1 Å². The van der Waals surface area contributed by atoms with Gasteiger partial charge in [-0.25, -0.2) is 27.2 Å². The molecule has 0 radical (unpaired) electrons. The van der Waals surface area contributed by atoms with Crippen LogP contribution in [0.25, 0.3) is 22.0 Å². The van der Waals surface area contributed by atoms with E-state index in [2.05, 4.69) is 14.7 Å². The topological polar surface area (TPSA) is 118 Å². The molecule has 1 aromatic carbocycles. The standard InChI is InChI=1S/C20H17F2N5O3S/c21-20(22)5-6-27(10-20)19(28)16-4-2-13-17(25-16)14(8-24-18(13)23)11-1-3-15-12(7-11)9-31(29,30)26-15/h1-4,7-8,26H,5-6,9-10H2,(H2,23,24). The van der Waals surface area contributed by atoms with Crippen LogP contribution in [0.4, 0.5) is 20.3 Å². The van der Waals surface area contributed by atoms with E-state index in [-0.39, 0.29) is 30.2 Å². The Kier molecular flexibility index (Phi) is 4.16. The summed E-state index contributed by atoms with van der Waals surface area (Å²) in [5, 5.41) is 0.507. The smallest absolute Gasteiger partial charge is 0.272 e. The monoisotopic (exact) mass is 445 g/mol. The lowest BCUT2D eigenvalue weighted by Gasteiger charge is -2.16. The number of alkyl halides is 2. The molecule has 0 bridgehead atoms. The van der Waals surface area contributed by atoms with E-state index in [9.17, 15) is 22.0 Å². The van der Waals surface area contributed by atoms with Crippen molar-refractivity contribution in [3.63, 3.8) is 0 Å². The Morgan fingerprint density at radius 2 is 2.03 bits per heavy atom. The zero-order valence-corrected chi connectivity index (χ0v) is 16.9. The zero-order chi connectivity index (χ0) is 22.0. The Labute approximate surface area is 176 Å². The second-order valence-electron chi connectivity index (χ2n) is 7.72. The molecule has 0 aliphatic carbocycles. The first kappa shape index (κ1) is 19.6. The van der Waals surface area contributed by atoms with Crippen LogP contribution < -0.4 is 10.5 Å². The fourth-order valence-electron chi connectivity index (χ4n) is 3.93. The number of nitrogens with zero attached hydrogens (tertiary/aromatic N) is 3. The predicted molar refractivity (Wildman–Crippen MR) is 111 cm³/mol. The van der Waals surface area contributed by atoms with Gasteiger partial charge in [-0.3, -0.25) is 9.52 Å². The van der Waals surface area contributed by atoms with E-state index in [1.165, 1.54) is 12.3 Å². The molecule has 0 spiro atoms. The number of pyridine rings is 2. The largest absolute Gasteiger partial charge is 0.383 e. The molecule has 1 saturated heterocycles. The molecule has 2 aliphatic rings. The number of nitrogens with one attached hydrogen (secondary N) is 1. The molecule has 11 heteroatoms. The van der Waals surface area contributed by atoms with Gasteiger partial charge in [0.2, 0.25) is 10.0 Å². The van der Waals surface area contributed by atoms with Gasteiger partial charge in [0.25, 0.3) is 11.8 Å². The molecule has 1 fully saturated rings. The van der Waals surface area contributed by atoms with E-state index in [1.54, 1.807) is 24.3 Å². The summed E-state index contributed by atoms with van der Waals surface area (Å²) in [5.41, 5.74) is 8.72. The Morgan fingerprint density at radius 3 is 2.77 bits per heavy atom. The van der Waals surface area contributed by atoms with Crippen LogP contribution in [0.2, 0.25) is 0 Å². The Balaban J connectivity index is 1.59. The summed E-state index contributed by atoms with van der Waals surface area (Å²) in [6, 6.07) is 8.13. The molecule has 3 aromatic rings. The number of hydrogen-bond acceptors (Lipinski definition) is 6. The maximum Gasteiger partial charge on any atom is 0.272 e. The van der Waals surface area contributed by atoms with E-state index in [0.29, 0.717) is 33.3 Å². The number of amides is 1. The molecule has 2 aromatic heterocycles. The van der Waals surface area contributed by atoms with E-state index in [1.807, 2.05) is 0 Å². The minimum absolute atomic E-state index is 0.0301. The Bertz CT molecular complexity index is 1360. The van der Waals surface area contributed by atoms with E-state index in [4.69, 9.17) is 5.73 Å². The highest BCUT2D eigenvalue weighted by molar-refractivity contribution is 7.92. The Morgan fingerprint density at radius 1 is 1.23 bits per heavy atom. The van der Waals surface area contributed by atoms with Gasteiger partial charge < -0.3 is 10.6 Å². The van der Waals surface area contributed by atoms with Crippen molar-refractivity contribution in [2.45, 2.75) is 18.1 Å². The van der Waals surface area contributed by atoms with Crippen LogP contribution in [0.15, 0.2) is 36.5 Å². The van der Waals surface area contributed by atoms with E-state index >= 15 is 0 Å². The maximum atomic E-state index is 13.5. The first-order chi connectivity index (χ1) is 14.6. The third-order valence-corrected chi connectivity index (χ3v) is 6.68. The predicted octanol–water partition coefficient (Wildman–Crippen LogP) is 2.62. The fraction of sp³-hybridized carbons (Fsp3) is 0.250. The van der Waals surface area contributed by atoms with Crippen LogP contribution in [-0.4, -0.2) is 48.2 Å². The van der Waals surface area contributed by atoms with Crippen LogP contribution in [0.1, 0.15) is 22.5 Å². The second-order valence-corrected chi connectivity index (χ2v) is 9.44. The number of fused-ring (bicyclic) bond motifs is 2. The van der Waals surface area contributed by atoms with Gasteiger partial charge in [0.1, 0.15) is 11.5 Å². The van der Waals surface area contributed by atoms with Crippen molar-refractivity contribution in [2.24, 2.45) is 0 Å². The molecule has 4 heterocycles. The lowest BCUT2D eigenvalue weighted by molar-refractivity contribution is 0.0119. The number of nitrogens with two attached hydrogens (primary N) is 1. The number of carbonyl (C=O) groups excluding carboxylic acids is 1. The summed E-state index contributed by atoms with van der Waals surface area (Å²) in [6.07, 6.45) is 1.13. The highest BCUT2D eigenvalue weighted by Gasteiger charge is 2.40. The molecular formula is C20H17F2N5O3S. The number of anilines is 2. The van der Waals surface area contributed by atoms with Crippen LogP contribution in [0, 0.1) is 0 Å². The molecule has 2 aliphatic heterocycles. The van der Waals surface area contributed by atoms with Gasteiger partial charge >= 0.3 is 0 Å². The van der Waals surface area contributed by atoms with Crippen molar-refractivity contribution >= 4 is 38.3 Å². The average Bonchev–Trinajstić information content (AvgIpc) is 3.23. The number of sulfonamides is 1. The van der Waals surface area contributed by atoms with Gasteiger partial charge in [0.15, 0.2) is 0 Å². The van der Waals surface area contributed by atoms with Crippen LogP contribution in [0.3, 0.4) is 0 Å². The molecule has 0 saturated carbocycles. The molecule has 1 amide bonds. The number of nitrogen functional groups attached to an aromatic ring is 1. The van der Waals surface area contributed by atoms with Crippen LogP contribution in [0.5, 0.6) is 0 Å². The van der Waals surface area contributed by atoms with Gasteiger partial charge in [-0.1, -0.05) is 6.07 Å². The summed E-state index contributed by atoms with van der Waals surface area (Å²) in [7, 11) is -3.40. The first-order valence-corrected chi connectivity index (χ1v) is 11.1. The van der Waals surface area contributed by atoms with Gasteiger partial charge in [0.05, 0.1) is 23.5 Å². The molecule has 0 atom stereocenters. The van der Waals surface area contributed by atoms with Crippen LogP contribution in [-0.2, 0) is 15.8 Å². The third kappa shape index (κ3) is 3.44. The number of hydrogen-bond donors (Lipinski definition) is 2. The average molecular weight is 445 g/mol. The number of aromatic nitrogens is 2. The maximum absolute atomic E-state index is 13.5. The normalized spacial score (nSPS) is 18.7. The van der Waals surface area contributed by atoms with Crippen molar-refractivity contribution in [3.05, 3.63) is 47.8 Å². The van der Waals surface area contributed by atoms with Gasteiger partial charge in [-0.15, -0.1) is 0 Å². The van der Waals surface area contributed by atoms with Crippen molar-refractivity contribution in [1.82, 2.24) is 14.9 Å². The lowest BCUT2D eigenvalue weighted by atomic mass is 10.0. The molecule has 3 N–H and O–H groups in total. The number of benzene rings is 1. The fourth-order valence-corrected chi connectivity index (χ4v) is 5.18. The quantitative estimate of drug-likeness (QED) is 0.626. The number of halogens is 2. The summed E-state index contributed by atoms with van der Waals surface area (Å²) < 4.78 is 53.2. The number of carbonyl (C=O) groups is 1.